The van der Waals surface area contributed by atoms with Crippen molar-refractivity contribution in [3.63, 3.8) is 0 Å². The zero-order chi connectivity index (χ0) is 47.0. The molecule has 0 aromatic carbocycles. The van der Waals surface area contributed by atoms with Crippen LogP contribution in [0.5, 0.6) is 0 Å². The molecule has 64 heavy (non-hydrogen) atoms. The van der Waals surface area contributed by atoms with Crippen LogP contribution in [0.2, 0.25) is 0 Å². The van der Waals surface area contributed by atoms with Crippen molar-refractivity contribution in [1.82, 2.24) is 4.90 Å². The van der Waals surface area contributed by atoms with Gasteiger partial charge in [0.1, 0.15) is 30.1 Å². The van der Waals surface area contributed by atoms with Gasteiger partial charge in [-0.05, 0) is 101 Å². The lowest BCUT2D eigenvalue weighted by Crippen LogP contribution is -2.65. The molecule has 1 aliphatic carbocycles. The van der Waals surface area contributed by atoms with Crippen LogP contribution in [0, 0.1) is 41.4 Å². The predicted molar refractivity (Wildman–Crippen MR) is 238 cm³/mol. The van der Waals surface area contributed by atoms with Crippen LogP contribution in [0.4, 0.5) is 0 Å². The fourth-order valence-corrected chi connectivity index (χ4v) is 10.9. The van der Waals surface area contributed by atoms with E-state index in [0.29, 0.717) is 69.8 Å². The smallest absolute Gasteiger partial charge is 0.329 e. The van der Waals surface area contributed by atoms with Gasteiger partial charge in [0.2, 0.25) is 5.79 Å². The molecule has 1 saturated carbocycles. The highest BCUT2D eigenvalue weighted by molar-refractivity contribution is 6.39. The number of ether oxygens (including phenoxy) is 5. The summed E-state index contributed by atoms with van der Waals surface area (Å²) in [7, 11) is 4.52. The van der Waals surface area contributed by atoms with E-state index in [1.54, 1.807) is 41.1 Å². The number of rotatable bonds is 5. The number of hydrogen-bond donors (Lipinski definition) is 3. The average molecular weight is 898 g/mol. The molecular weight excluding hydrogens is 823 g/mol. The standard InChI is InChI=1S/C50H75NO13/c1-28-14-11-10-12-15-29(2)40(60-7)26-35-19-17-33(6)50(59,64-35)47(56)48(57)51-21-13-16-36-37(24-34-18-20-38(52)42(25-34)61-8)41(63-49(58)43(36)51)27-39(53)30(3)23-32(5)45(55)46(62-9)44(54)31(4)22-28/h10-12,14-15,23,28,30-31,33-38,40-43,45-46,52,55,59H,13,16-22,24-27H2,1-9H3/b12-10+,14-11+,29-15+,32-23+/t28-,30-,31-,33-,34+,35?,36?,37+,38-,40+,41+,42-,43+,45-,46+,50-/m1/s1. The van der Waals surface area contributed by atoms with Gasteiger partial charge in [0, 0.05) is 64.4 Å². The fourth-order valence-electron chi connectivity index (χ4n) is 10.9. The first-order valence-electron chi connectivity index (χ1n) is 23.5. The number of aliphatic hydroxyl groups is 3. The maximum atomic E-state index is 14.4. The van der Waals surface area contributed by atoms with Gasteiger partial charge in [0.25, 0.3) is 11.7 Å². The number of Topliss-reactive ketones (excluding diaryl/α,β-unsaturated/α-hetero) is 3. The summed E-state index contributed by atoms with van der Waals surface area (Å²) in [5, 5.41) is 34.1. The van der Waals surface area contributed by atoms with E-state index in [2.05, 4.69) is 0 Å². The predicted octanol–water partition coefficient (Wildman–Crippen LogP) is 5.40. The number of amides is 1. The molecule has 5 rings (SSSR count). The zero-order valence-corrected chi connectivity index (χ0v) is 39.5. The van der Waals surface area contributed by atoms with Gasteiger partial charge in [-0.3, -0.25) is 19.2 Å². The minimum Gasteiger partial charge on any atom is -0.460 e. The largest absolute Gasteiger partial charge is 0.460 e. The number of methoxy groups -OCH3 is 3. The first-order chi connectivity index (χ1) is 30.3. The number of allylic oxidation sites excluding steroid dienone is 6. The quantitative estimate of drug-likeness (QED) is 0.181. The lowest BCUT2D eigenvalue weighted by Gasteiger charge is -2.50. The SMILES string of the molecule is CO[C@H]1CC2CC[C@@H](C)[C@@](O)(O2)C(=O)C(=O)N2CCCC3[C@H]2C(=O)O[C@@H](CC(=O)[C@H](C)/C=C(\C)[C@@H](O)[C@@H](OC)C(=O)[C@H](C)C[C@H](C)/C=C/C=C/C=C/1C)[C@H]3C[C@@H]1CC[C@@H](O)[C@H](OC)C1. The molecule has 5 aliphatic rings. The van der Waals surface area contributed by atoms with Crippen LogP contribution in [0.25, 0.3) is 0 Å². The molecule has 4 heterocycles. The van der Waals surface area contributed by atoms with Crippen molar-refractivity contribution >= 4 is 29.2 Å². The minimum absolute atomic E-state index is 0.0231. The van der Waals surface area contributed by atoms with E-state index < -0.39 is 95.7 Å². The zero-order valence-electron chi connectivity index (χ0n) is 39.5. The molecule has 0 aromatic heterocycles. The van der Waals surface area contributed by atoms with Crippen molar-refractivity contribution in [1.29, 1.82) is 0 Å². The number of aliphatic hydroxyl groups excluding tert-OH is 2. The number of piperidine rings is 1. The Morgan fingerprint density at radius 3 is 2.27 bits per heavy atom. The number of nitrogens with zero attached hydrogens (tertiary/aromatic N) is 1. The van der Waals surface area contributed by atoms with Crippen molar-refractivity contribution in [3.8, 4) is 0 Å². The Kier molecular flexibility index (Phi) is 18.5. The summed E-state index contributed by atoms with van der Waals surface area (Å²) in [6, 6.07) is -1.12. The van der Waals surface area contributed by atoms with Crippen LogP contribution in [0.15, 0.2) is 47.6 Å². The highest BCUT2D eigenvalue weighted by atomic mass is 16.6. The third-order valence-corrected chi connectivity index (χ3v) is 14.9. The van der Waals surface area contributed by atoms with E-state index in [-0.39, 0.29) is 42.5 Å². The van der Waals surface area contributed by atoms with Gasteiger partial charge in [-0.1, -0.05) is 64.2 Å². The van der Waals surface area contributed by atoms with E-state index in [9.17, 15) is 39.3 Å². The van der Waals surface area contributed by atoms with Crippen LogP contribution < -0.4 is 0 Å². The second-order valence-electron chi connectivity index (χ2n) is 19.5. The second kappa shape index (κ2) is 22.9. The van der Waals surface area contributed by atoms with Gasteiger partial charge in [0.05, 0.1) is 24.4 Å². The highest BCUT2D eigenvalue weighted by Gasteiger charge is 2.57. The molecule has 6 bridgehead atoms. The number of esters is 1. The maximum absolute atomic E-state index is 14.4. The topological polar surface area (TPSA) is 195 Å². The Balaban J connectivity index is 1.51. The molecule has 4 aliphatic heterocycles. The number of carbonyl (C=O) groups is 5. The first kappa shape index (κ1) is 51.6. The molecule has 0 spiro atoms. The lowest BCUT2D eigenvalue weighted by molar-refractivity contribution is -0.266. The Hall–Kier alpha value is -3.37. The Morgan fingerprint density at radius 1 is 0.844 bits per heavy atom. The van der Waals surface area contributed by atoms with Gasteiger partial charge >= 0.3 is 5.97 Å². The van der Waals surface area contributed by atoms with E-state index in [4.69, 9.17) is 23.7 Å². The molecule has 358 valence electrons. The molecular formula is C50H75NO13. The van der Waals surface area contributed by atoms with E-state index in [0.717, 1.165) is 5.57 Å². The monoisotopic (exact) mass is 898 g/mol. The van der Waals surface area contributed by atoms with Crippen LogP contribution in [-0.2, 0) is 47.7 Å². The van der Waals surface area contributed by atoms with E-state index in [1.165, 1.54) is 12.0 Å². The summed E-state index contributed by atoms with van der Waals surface area (Å²) in [5.41, 5.74) is 1.28. The molecule has 1 amide bonds. The Bertz CT molecular complexity index is 1790. The fraction of sp³-hybridized carbons (Fsp3) is 0.740. The molecule has 16 atom stereocenters. The highest BCUT2D eigenvalue weighted by Crippen LogP contribution is 2.45. The molecule has 2 unspecified atom stereocenters. The van der Waals surface area contributed by atoms with Crippen LogP contribution in [0.3, 0.4) is 0 Å². The summed E-state index contributed by atoms with van der Waals surface area (Å²) >= 11 is 0. The number of hydrogen-bond acceptors (Lipinski definition) is 13. The van der Waals surface area contributed by atoms with E-state index >= 15 is 0 Å². The third-order valence-electron chi connectivity index (χ3n) is 14.9. The van der Waals surface area contributed by atoms with Crippen molar-refractivity contribution in [2.24, 2.45) is 41.4 Å². The van der Waals surface area contributed by atoms with Crippen LogP contribution in [-0.4, -0.2) is 132 Å². The molecule has 3 saturated heterocycles. The van der Waals surface area contributed by atoms with Crippen molar-refractivity contribution in [3.05, 3.63) is 47.6 Å². The number of ketones is 3. The molecule has 14 nitrogen and oxygen atoms in total. The summed E-state index contributed by atoms with van der Waals surface area (Å²) < 4.78 is 29.4. The minimum atomic E-state index is -2.43. The van der Waals surface area contributed by atoms with Crippen LogP contribution in [0.1, 0.15) is 112 Å². The van der Waals surface area contributed by atoms with Crippen molar-refractivity contribution in [2.75, 3.05) is 27.9 Å². The molecule has 0 aromatic rings. The van der Waals surface area contributed by atoms with Crippen molar-refractivity contribution in [2.45, 2.75) is 167 Å². The Morgan fingerprint density at radius 2 is 1.58 bits per heavy atom. The Labute approximate surface area is 379 Å². The van der Waals surface area contributed by atoms with Gasteiger partial charge in [-0.15, -0.1) is 0 Å². The molecule has 0 radical (unpaired) electrons. The molecule has 4 fully saturated rings. The average Bonchev–Trinajstić information content (AvgIpc) is 3.27. The first-order valence-corrected chi connectivity index (χ1v) is 23.5. The molecule has 14 heteroatoms. The van der Waals surface area contributed by atoms with Gasteiger partial charge in [0.15, 0.2) is 5.78 Å². The van der Waals surface area contributed by atoms with Crippen LogP contribution >= 0.6 is 0 Å². The van der Waals surface area contributed by atoms with Gasteiger partial charge in [-0.25, -0.2) is 4.79 Å². The molecule has 3 N–H and O–H groups in total. The maximum Gasteiger partial charge on any atom is 0.329 e. The number of fused-ring (bicyclic) bond motifs is 3. The summed E-state index contributed by atoms with van der Waals surface area (Å²) in [6.07, 6.45) is 10.8. The summed E-state index contributed by atoms with van der Waals surface area (Å²) in [5.74, 6) is -8.43. The lowest BCUT2D eigenvalue weighted by atomic mass is 9.68. The normalized spacial score (nSPS) is 43.2. The number of carbonyl (C=O) groups excluding carboxylic acids is 5. The van der Waals surface area contributed by atoms with Gasteiger partial charge in [-0.2, -0.15) is 0 Å². The van der Waals surface area contributed by atoms with Gasteiger partial charge < -0.3 is 43.9 Å². The third kappa shape index (κ3) is 12.0. The second-order valence-corrected chi connectivity index (χ2v) is 19.5. The summed E-state index contributed by atoms with van der Waals surface area (Å²) in [6.45, 7) is 10.9. The summed E-state index contributed by atoms with van der Waals surface area (Å²) in [4.78, 5) is 72.0. The van der Waals surface area contributed by atoms with E-state index in [1.807, 2.05) is 51.2 Å². The van der Waals surface area contributed by atoms with Crippen molar-refractivity contribution < 1.29 is 63.0 Å².